The van der Waals surface area contributed by atoms with Crippen molar-refractivity contribution >= 4 is 17.7 Å². The molecule has 0 saturated carbocycles. The second kappa shape index (κ2) is 6.33. The largest absolute Gasteiger partial charge is 0.444 e. The molecule has 2 atom stereocenters. The summed E-state index contributed by atoms with van der Waals surface area (Å²) in [4.78, 5) is 31.8. The standard InChI is InChI=1S/C22H23N3O3/c1-13-7-8-25(21(13)26)20-6-4-16-17(10-23-11-18(16)20)14-3-5-19-15(9-14)12-28-22(27)24(19)2/h3,5,9-11,13,20H,4,6-8,12H2,1-2H3/t13?,20-/m1/s1/i2D3. The molecule has 1 saturated heterocycles. The summed E-state index contributed by atoms with van der Waals surface area (Å²) in [6.07, 6.45) is 5.43. The van der Waals surface area contributed by atoms with Gasteiger partial charge >= 0.3 is 6.09 Å². The van der Waals surface area contributed by atoms with Crippen molar-refractivity contribution in [2.75, 3.05) is 18.4 Å². The number of benzene rings is 1. The van der Waals surface area contributed by atoms with Crippen molar-refractivity contribution in [1.82, 2.24) is 9.88 Å². The lowest BCUT2D eigenvalue weighted by Gasteiger charge is -2.26. The number of cyclic esters (lactones) is 1. The Kier molecular flexibility index (Phi) is 3.20. The highest BCUT2D eigenvalue weighted by atomic mass is 16.6. The van der Waals surface area contributed by atoms with Crippen molar-refractivity contribution in [1.29, 1.82) is 0 Å². The number of likely N-dealkylation sites (tertiary alicyclic amines) is 1. The molecule has 0 radical (unpaired) electrons. The van der Waals surface area contributed by atoms with E-state index >= 15 is 0 Å². The predicted molar refractivity (Wildman–Crippen MR) is 105 cm³/mol. The molecule has 6 heteroatoms. The third kappa shape index (κ3) is 2.51. The first-order chi connectivity index (χ1) is 14.8. The molecule has 1 aromatic carbocycles. The fourth-order valence-corrected chi connectivity index (χ4v) is 4.63. The maximum atomic E-state index is 12.6. The number of carbonyl (C=O) groups is 2. The van der Waals surface area contributed by atoms with Crippen molar-refractivity contribution in [3.63, 3.8) is 0 Å². The van der Waals surface area contributed by atoms with Crippen molar-refractivity contribution in [2.45, 2.75) is 38.8 Å². The summed E-state index contributed by atoms with van der Waals surface area (Å²) in [5, 5.41) is 0. The van der Waals surface area contributed by atoms with Crippen molar-refractivity contribution < 1.29 is 18.4 Å². The number of hydrogen-bond acceptors (Lipinski definition) is 4. The highest BCUT2D eigenvalue weighted by Gasteiger charge is 2.38. The Hall–Kier alpha value is -2.89. The number of fused-ring (bicyclic) bond motifs is 2. The minimum atomic E-state index is -2.62. The van der Waals surface area contributed by atoms with Crippen molar-refractivity contribution in [3.8, 4) is 11.1 Å². The van der Waals surface area contributed by atoms with Crippen molar-refractivity contribution in [2.24, 2.45) is 5.92 Å². The fourth-order valence-electron chi connectivity index (χ4n) is 4.63. The Labute approximate surface area is 168 Å². The number of rotatable bonds is 2. The van der Waals surface area contributed by atoms with E-state index in [0.29, 0.717) is 11.3 Å². The van der Waals surface area contributed by atoms with E-state index in [-0.39, 0.29) is 24.5 Å². The van der Waals surface area contributed by atoms with E-state index in [4.69, 9.17) is 8.85 Å². The predicted octanol–water partition coefficient (Wildman–Crippen LogP) is 3.69. The summed E-state index contributed by atoms with van der Waals surface area (Å²) in [5.74, 6) is 0.285. The second-order valence-electron chi connectivity index (χ2n) is 7.76. The lowest BCUT2D eigenvalue weighted by atomic mass is 9.96. The van der Waals surface area contributed by atoms with E-state index in [1.807, 2.05) is 36.4 Å². The van der Waals surface area contributed by atoms with Gasteiger partial charge in [0, 0.05) is 47.1 Å². The number of ether oxygens (including phenoxy) is 1. The Morgan fingerprint density at radius 3 is 2.93 bits per heavy atom. The van der Waals surface area contributed by atoms with Gasteiger partial charge in [-0.15, -0.1) is 0 Å². The monoisotopic (exact) mass is 380 g/mol. The van der Waals surface area contributed by atoms with Crippen LogP contribution in [-0.2, 0) is 22.6 Å². The molecule has 2 amide bonds. The number of anilines is 1. The van der Waals surface area contributed by atoms with Gasteiger partial charge < -0.3 is 9.64 Å². The number of aromatic nitrogens is 1. The van der Waals surface area contributed by atoms with E-state index < -0.39 is 13.1 Å². The molecule has 5 rings (SSSR count). The summed E-state index contributed by atoms with van der Waals surface area (Å²) < 4.78 is 28.1. The first-order valence-corrected chi connectivity index (χ1v) is 9.63. The Balaban J connectivity index is 1.52. The molecule has 0 bridgehead atoms. The highest BCUT2D eigenvalue weighted by molar-refractivity contribution is 5.90. The van der Waals surface area contributed by atoms with Crippen LogP contribution >= 0.6 is 0 Å². The minimum absolute atomic E-state index is 0.0276. The molecule has 28 heavy (non-hydrogen) atoms. The van der Waals surface area contributed by atoms with Gasteiger partial charge in [0.2, 0.25) is 5.91 Å². The number of carbonyl (C=O) groups excluding carboxylic acids is 2. The molecular formula is C22H23N3O3. The molecule has 144 valence electrons. The number of pyridine rings is 1. The van der Waals surface area contributed by atoms with E-state index in [1.54, 1.807) is 6.07 Å². The molecule has 0 spiro atoms. The molecule has 2 aromatic rings. The zero-order valence-electron chi connectivity index (χ0n) is 18.6. The van der Waals surface area contributed by atoms with Gasteiger partial charge in [-0.05, 0) is 48.1 Å². The van der Waals surface area contributed by atoms with Crippen LogP contribution in [0.2, 0.25) is 0 Å². The fraction of sp³-hybridized carbons (Fsp3) is 0.409. The summed E-state index contributed by atoms with van der Waals surface area (Å²) in [7, 11) is 0. The number of hydrogen-bond donors (Lipinski definition) is 0. The molecule has 1 aliphatic carbocycles. The normalized spacial score (nSPS) is 25.7. The van der Waals surface area contributed by atoms with E-state index in [9.17, 15) is 9.59 Å². The van der Waals surface area contributed by atoms with Gasteiger partial charge in [-0.3, -0.25) is 14.7 Å². The SMILES string of the molecule is [2H]C([2H])([2H])N1C(=O)OCc2cc(-c3cncc4c3CC[C@H]4N3CCC(C)C3=O)ccc21. The van der Waals surface area contributed by atoms with Crippen LogP contribution in [0.3, 0.4) is 0 Å². The lowest BCUT2D eigenvalue weighted by molar-refractivity contribution is -0.132. The number of amides is 2. The zero-order valence-corrected chi connectivity index (χ0v) is 15.6. The molecule has 1 aromatic heterocycles. The van der Waals surface area contributed by atoms with Gasteiger partial charge in [0.15, 0.2) is 0 Å². The Bertz CT molecular complexity index is 1090. The third-order valence-corrected chi connectivity index (χ3v) is 6.17. The average Bonchev–Trinajstić information content (AvgIpc) is 3.29. The maximum absolute atomic E-state index is 12.6. The van der Waals surface area contributed by atoms with Crippen LogP contribution in [0, 0.1) is 5.92 Å². The zero-order chi connectivity index (χ0) is 21.9. The van der Waals surface area contributed by atoms with Crippen LogP contribution in [0.5, 0.6) is 0 Å². The Morgan fingerprint density at radius 1 is 1.25 bits per heavy atom. The third-order valence-electron chi connectivity index (χ3n) is 6.17. The highest BCUT2D eigenvalue weighted by Crippen LogP contribution is 2.43. The van der Waals surface area contributed by atoms with Crippen LogP contribution in [0.1, 0.15) is 46.6 Å². The second-order valence-corrected chi connectivity index (χ2v) is 7.76. The molecule has 3 aliphatic rings. The molecule has 6 nitrogen and oxygen atoms in total. The van der Waals surface area contributed by atoms with Crippen LogP contribution in [0.25, 0.3) is 11.1 Å². The van der Waals surface area contributed by atoms with Crippen LogP contribution in [0.15, 0.2) is 30.6 Å². The minimum Gasteiger partial charge on any atom is -0.444 e. The summed E-state index contributed by atoms with van der Waals surface area (Å²) >= 11 is 0. The lowest BCUT2D eigenvalue weighted by Crippen LogP contribution is -2.31. The smallest absolute Gasteiger partial charge is 0.414 e. The number of nitrogens with zero attached hydrogens (tertiary/aromatic N) is 3. The molecular weight excluding hydrogens is 354 g/mol. The summed E-state index contributed by atoms with van der Waals surface area (Å²) in [6.45, 7) is 0.175. The topological polar surface area (TPSA) is 62.7 Å². The van der Waals surface area contributed by atoms with Crippen LogP contribution in [-0.4, -0.2) is 35.4 Å². The molecule has 1 fully saturated rings. The van der Waals surface area contributed by atoms with Gasteiger partial charge in [0.05, 0.1) is 11.7 Å². The van der Waals surface area contributed by atoms with Crippen LogP contribution in [0.4, 0.5) is 10.5 Å². The average molecular weight is 380 g/mol. The first-order valence-electron chi connectivity index (χ1n) is 11.1. The van der Waals surface area contributed by atoms with Gasteiger partial charge in [-0.25, -0.2) is 4.79 Å². The van der Waals surface area contributed by atoms with Gasteiger partial charge in [-0.1, -0.05) is 13.0 Å². The molecule has 0 N–H and O–H groups in total. The van der Waals surface area contributed by atoms with E-state index in [2.05, 4.69) is 4.98 Å². The van der Waals surface area contributed by atoms with Gasteiger partial charge in [0.25, 0.3) is 0 Å². The van der Waals surface area contributed by atoms with E-state index in [1.165, 1.54) is 5.56 Å². The Morgan fingerprint density at radius 2 is 2.14 bits per heavy atom. The van der Waals surface area contributed by atoms with E-state index in [0.717, 1.165) is 47.4 Å². The molecule has 3 heterocycles. The summed E-state index contributed by atoms with van der Waals surface area (Å²) in [5.41, 5.74) is 5.12. The van der Waals surface area contributed by atoms with Crippen LogP contribution < -0.4 is 4.90 Å². The van der Waals surface area contributed by atoms with Gasteiger partial charge in [-0.2, -0.15) is 0 Å². The summed E-state index contributed by atoms with van der Waals surface area (Å²) in [6, 6.07) is 5.41. The first kappa shape index (κ1) is 14.2. The van der Waals surface area contributed by atoms with Gasteiger partial charge in [0.1, 0.15) is 6.61 Å². The maximum Gasteiger partial charge on any atom is 0.414 e. The molecule has 1 unspecified atom stereocenters. The van der Waals surface area contributed by atoms with Crippen molar-refractivity contribution in [3.05, 3.63) is 47.3 Å². The quantitative estimate of drug-likeness (QED) is 0.797. The molecule has 2 aliphatic heterocycles.